The fourth-order valence-electron chi connectivity index (χ4n) is 2.63. The summed E-state index contributed by atoms with van der Waals surface area (Å²) in [7, 11) is 0. The molecule has 0 saturated carbocycles. The Bertz CT molecular complexity index is 516. The Hall–Kier alpha value is -1.88. The number of aryl methyl sites for hydroxylation is 3. The second kappa shape index (κ2) is 5.01. The van der Waals surface area contributed by atoms with Gasteiger partial charge >= 0.3 is 5.97 Å². The fourth-order valence-corrected chi connectivity index (χ4v) is 2.63. The van der Waals surface area contributed by atoms with Crippen LogP contribution in [0.25, 0.3) is 0 Å². The second-order valence-electron chi connectivity index (χ2n) is 5.02. The van der Waals surface area contributed by atoms with Gasteiger partial charge in [-0.05, 0) is 31.9 Å². The first-order valence-electron chi connectivity index (χ1n) is 6.24. The lowest BCUT2D eigenvalue weighted by molar-refractivity contribution is -0.139. The third-order valence-electron chi connectivity index (χ3n) is 3.37. The van der Waals surface area contributed by atoms with Gasteiger partial charge in [-0.2, -0.15) is 0 Å². The first-order chi connectivity index (χ1) is 8.90. The Kier molecular flexibility index (Phi) is 3.57. The number of aliphatic carboxylic acids is 1. The van der Waals surface area contributed by atoms with Gasteiger partial charge in [-0.1, -0.05) is 17.7 Å². The normalized spacial score (nSPS) is 19.6. The number of carbonyl (C=O) groups is 2. The summed E-state index contributed by atoms with van der Waals surface area (Å²) < 4.78 is 0. The summed E-state index contributed by atoms with van der Waals surface area (Å²) in [6, 6.07) is 3.30. The molecule has 2 rings (SSSR count). The molecule has 2 N–H and O–H groups in total. The minimum Gasteiger partial charge on any atom is -0.480 e. The van der Waals surface area contributed by atoms with Crippen LogP contribution in [0.5, 0.6) is 0 Å². The average Bonchev–Trinajstić information content (AvgIpc) is 2.29. The molecule has 1 amide bonds. The molecule has 102 valence electrons. The summed E-state index contributed by atoms with van der Waals surface area (Å²) in [6.45, 7) is 6.12. The number of nitrogens with zero attached hydrogens (tertiary/aromatic N) is 1. The minimum atomic E-state index is -0.931. The molecule has 5 nitrogen and oxygen atoms in total. The molecule has 5 heteroatoms. The summed E-state index contributed by atoms with van der Waals surface area (Å²) in [6.07, 6.45) is 0. The van der Waals surface area contributed by atoms with Gasteiger partial charge in [-0.3, -0.25) is 14.9 Å². The van der Waals surface area contributed by atoms with E-state index in [9.17, 15) is 9.59 Å². The topological polar surface area (TPSA) is 69.6 Å². The number of carbonyl (C=O) groups excluding carboxylic acids is 1. The Morgan fingerprint density at radius 3 is 2.42 bits per heavy atom. The predicted octanol–water partition coefficient (Wildman–Crippen LogP) is 1.00. The molecule has 1 heterocycles. The third kappa shape index (κ3) is 2.61. The number of carboxylic acids is 1. The van der Waals surface area contributed by atoms with Crippen LogP contribution in [0.4, 0.5) is 5.69 Å². The first kappa shape index (κ1) is 13.5. The Labute approximate surface area is 112 Å². The number of hydrogen-bond acceptors (Lipinski definition) is 3. The van der Waals surface area contributed by atoms with Crippen molar-refractivity contribution in [3.63, 3.8) is 0 Å². The van der Waals surface area contributed by atoms with Gasteiger partial charge in [0.2, 0.25) is 5.91 Å². The molecule has 1 aromatic rings. The quantitative estimate of drug-likeness (QED) is 0.834. The van der Waals surface area contributed by atoms with Crippen LogP contribution < -0.4 is 10.2 Å². The zero-order chi connectivity index (χ0) is 14.2. The van der Waals surface area contributed by atoms with E-state index in [1.165, 1.54) is 0 Å². The van der Waals surface area contributed by atoms with Crippen molar-refractivity contribution in [3.05, 3.63) is 28.8 Å². The zero-order valence-electron chi connectivity index (χ0n) is 11.4. The number of anilines is 1. The Morgan fingerprint density at radius 2 is 1.89 bits per heavy atom. The number of hydrogen-bond donors (Lipinski definition) is 2. The van der Waals surface area contributed by atoms with Gasteiger partial charge in [0.25, 0.3) is 0 Å². The van der Waals surface area contributed by atoms with Crippen molar-refractivity contribution in [2.24, 2.45) is 0 Å². The molecule has 1 unspecified atom stereocenters. The highest BCUT2D eigenvalue weighted by Crippen LogP contribution is 2.27. The molecule has 19 heavy (non-hydrogen) atoms. The Balaban J connectivity index is 2.39. The van der Waals surface area contributed by atoms with Crippen molar-refractivity contribution < 1.29 is 14.7 Å². The maximum absolute atomic E-state index is 12.0. The van der Waals surface area contributed by atoms with E-state index in [2.05, 4.69) is 5.32 Å². The van der Waals surface area contributed by atoms with E-state index in [0.717, 1.165) is 22.4 Å². The first-order valence-corrected chi connectivity index (χ1v) is 6.24. The maximum atomic E-state index is 12.0. The Morgan fingerprint density at radius 1 is 1.32 bits per heavy atom. The van der Waals surface area contributed by atoms with E-state index < -0.39 is 12.0 Å². The highest BCUT2D eigenvalue weighted by Gasteiger charge is 2.31. The smallest absolute Gasteiger partial charge is 0.322 e. The van der Waals surface area contributed by atoms with Crippen LogP contribution in [0.15, 0.2) is 12.1 Å². The second-order valence-corrected chi connectivity index (χ2v) is 5.02. The monoisotopic (exact) mass is 262 g/mol. The van der Waals surface area contributed by atoms with Gasteiger partial charge in [0.05, 0.1) is 13.1 Å². The fraction of sp³-hybridized carbons (Fsp3) is 0.429. The standard InChI is InChI=1S/C14H18N2O3/c1-8-4-9(2)13(10(3)5-8)16-7-11(14(18)19)15-6-12(16)17/h4-5,11,15H,6-7H2,1-3H3,(H,18,19). The van der Waals surface area contributed by atoms with Crippen molar-refractivity contribution in [3.8, 4) is 0 Å². The highest BCUT2D eigenvalue weighted by molar-refractivity contribution is 5.98. The van der Waals surface area contributed by atoms with Crippen LogP contribution >= 0.6 is 0 Å². The third-order valence-corrected chi connectivity index (χ3v) is 3.37. The van der Waals surface area contributed by atoms with Crippen LogP contribution in [-0.4, -0.2) is 36.1 Å². The van der Waals surface area contributed by atoms with Crippen molar-refractivity contribution in [2.45, 2.75) is 26.8 Å². The molecular formula is C14H18N2O3. The predicted molar refractivity (Wildman–Crippen MR) is 72.4 cm³/mol. The van der Waals surface area contributed by atoms with Crippen LogP contribution in [0, 0.1) is 20.8 Å². The lowest BCUT2D eigenvalue weighted by atomic mass is 10.0. The minimum absolute atomic E-state index is 0.0592. The van der Waals surface area contributed by atoms with Gasteiger partial charge in [0.1, 0.15) is 6.04 Å². The number of carboxylic acid groups (broad SMARTS) is 1. The lowest BCUT2D eigenvalue weighted by Gasteiger charge is -2.33. The molecule has 1 aliphatic heterocycles. The average molecular weight is 262 g/mol. The highest BCUT2D eigenvalue weighted by atomic mass is 16.4. The number of amides is 1. The molecular weight excluding hydrogens is 244 g/mol. The van der Waals surface area contributed by atoms with E-state index in [-0.39, 0.29) is 19.0 Å². The van der Waals surface area contributed by atoms with Crippen molar-refractivity contribution in [1.82, 2.24) is 5.32 Å². The summed E-state index contributed by atoms with van der Waals surface area (Å²) in [5.74, 6) is -1.02. The largest absolute Gasteiger partial charge is 0.480 e. The molecule has 1 atom stereocenters. The number of piperazine rings is 1. The molecule has 1 aromatic carbocycles. The SMILES string of the molecule is Cc1cc(C)c(N2CC(C(=O)O)NCC2=O)c(C)c1. The van der Waals surface area contributed by atoms with Gasteiger partial charge in [-0.15, -0.1) is 0 Å². The van der Waals surface area contributed by atoms with E-state index in [0.29, 0.717) is 0 Å². The molecule has 0 spiro atoms. The van der Waals surface area contributed by atoms with Crippen molar-refractivity contribution in [2.75, 3.05) is 18.0 Å². The van der Waals surface area contributed by atoms with Gasteiger partial charge in [0.15, 0.2) is 0 Å². The number of rotatable bonds is 2. The van der Waals surface area contributed by atoms with Crippen LogP contribution in [0.1, 0.15) is 16.7 Å². The van der Waals surface area contributed by atoms with Crippen LogP contribution in [-0.2, 0) is 9.59 Å². The van der Waals surface area contributed by atoms with E-state index >= 15 is 0 Å². The lowest BCUT2D eigenvalue weighted by Crippen LogP contribution is -2.57. The van der Waals surface area contributed by atoms with Crippen molar-refractivity contribution >= 4 is 17.6 Å². The molecule has 1 saturated heterocycles. The van der Waals surface area contributed by atoms with Gasteiger partial charge in [0, 0.05) is 5.69 Å². The maximum Gasteiger partial charge on any atom is 0.322 e. The number of benzene rings is 1. The molecule has 1 fully saturated rings. The molecule has 0 aliphatic carbocycles. The van der Waals surface area contributed by atoms with E-state index in [4.69, 9.17) is 5.11 Å². The summed E-state index contributed by atoms with van der Waals surface area (Å²) in [4.78, 5) is 24.7. The molecule has 1 aliphatic rings. The van der Waals surface area contributed by atoms with E-state index in [1.807, 2.05) is 32.9 Å². The zero-order valence-corrected chi connectivity index (χ0v) is 11.4. The van der Waals surface area contributed by atoms with Gasteiger partial charge < -0.3 is 10.0 Å². The summed E-state index contributed by atoms with van der Waals surface area (Å²) in [5.41, 5.74) is 3.97. The van der Waals surface area contributed by atoms with Crippen LogP contribution in [0.3, 0.4) is 0 Å². The molecule has 0 bridgehead atoms. The summed E-state index contributed by atoms with van der Waals surface area (Å²) in [5, 5.41) is 11.8. The molecule has 0 aromatic heterocycles. The van der Waals surface area contributed by atoms with Crippen LogP contribution in [0.2, 0.25) is 0 Å². The summed E-state index contributed by atoms with van der Waals surface area (Å²) >= 11 is 0. The van der Waals surface area contributed by atoms with Crippen molar-refractivity contribution in [1.29, 1.82) is 0 Å². The molecule has 0 radical (unpaired) electrons. The van der Waals surface area contributed by atoms with Gasteiger partial charge in [-0.25, -0.2) is 0 Å². The van der Waals surface area contributed by atoms with E-state index in [1.54, 1.807) is 4.90 Å². The number of nitrogens with one attached hydrogen (secondary N) is 1.